The van der Waals surface area contributed by atoms with Crippen molar-refractivity contribution in [1.29, 1.82) is 0 Å². The molecule has 2 amide bonds. The molecule has 1 aliphatic heterocycles. The summed E-state index contributed by atoms with van der Waals surface area (Å²) in [6, 6.07) is 6.23. The zero-order valence-corrected chi connectivity index (χ0v) is 16.7. The summed E-state index contributed by atoms with van der Waals surface area (Å²) in [5, 5.41) is 10.7. The molecule has 5 aliphatic rings. The van der Waals surface area contributed by atoms with Crippen molar-refractivity contribution in [2.75, 3.05) is 0 Å². The van der Waals surface area contributed by atoms with Crippen LogP contribution < -0.4 is 0 Å². The summed E-state index contributed by atoms with van der Waals surface area (Å²) in [4.78, 5) is 27.4. The Labute approximate surface area is 172 Å². The number of hydrogen-bond acceptors (Lipinski definition) is 4. The molecule has 4 aliphatic carbocycles. The summed E-state index contributed by atoms with van der Waals surface area (Å²) >= 11 is 0. The van der Waals surface area contributed by atoms with Crippen LogP contribution in [-0.4, -0.2) is 34.2 Å². The van der Waals surface area contributed by atoms with E-state index in [4.69, 9.17) is 4.74 Å². The van der Waals surface area contributed by atoms with Crippen LogP contribution >= 0.6 is 0 Å². The van der Waals surface area contributed by atoms with Crippen LogP contribution in [0.4, 0.5) is 0 Å². The molecule has 1 N–H and O–H groups in total. The molecule has 0 spiro atoms. The largest absolute Gasteiger partial charge is 0.531 e. The van der Waals surface area contributed by atoms with Gasteiger partial charge in [0.25, 0.3) is 11.8 Å². The maximum Gasteiger partial charge on any atom is 0.262 e. The van der Waals surface area contributed by atoms with Gasteiger partial charge in [-0.05, 0) is 73.8 Å². The van der Waals surface area contributed by atoms with Crippen LogP contribution in [0.5, 0.6) is 0 Å². The number of aliphatic hydroxyl groups is 1. The van der Waals surface area contributed by atoms with E-state index in [1.54, 1.807) is 24.3 Å². The molecule has 0 aromatic heterocycles. The molecule has 4 saturated carbocycles. The van der Waals surface area contributed by atoms with Gasteiger partial charge >= 0.3 is 0 Å². The van der Waals surface area contributed by atoms with E-state index in [1.165, 1.54) is 24.2 Å². The van der Waals surface area contributed by atoms with E-state index in [2.05, 4.69) is 7.11 Å². The number of ether oxygens (including phenoxy) is 1. The fourth-order valence-electron chi connectivity index (χ4n) is 6.80. The first kappa shape index (κ1) is 19.2. The zero-order valence-electron chi connectivity index (χ0n) is 15.1. The molecule has 147 valence electrons. The van der Waals surface area contributed by atoms with E-state index in [0.717, 1.165) is 19.3 Å². The SMILES string of the molecule is [CH2-]OC(O)[C@@H](N1C(=O)c2ccccc2C1=O)C12CC3CC(CC(C3)C1)C2.[Rh]. The van der Waals surface area contributed by atoms with Crippen LogP contribution in [0, 0.1) is 30.3 Å². The molecule has 6 rings (SSSR count). The van der Waals surface area contributed by atoms with Gasteiger partial charge in [-0.2, -0.15) is 0 Å². The number of carbonyl (C=O) groups excluding carboxylic acids is 2. The average molecular weight is 457 g/mol. The van der Waals surface area contributed by atoms with Gasteiger partial charge in [-0.15, -0.1) is 0 Å². The third-order valence-electron chi connectivity index (χ3n) is 7.26. The first-order chi connectivity index (χ1) is 12.5. The summed E-state index contributed by atoms with van der Waals surface area (Å²) in [5.41, 5.74) is 0.589. The van der Waals surface area contributed by atoms with Crippen molar-refractivity contribution in [3.05, 3.63) is 42.5 Å². The Hall–Kier alpha value is -1.10. The van der Waals surface area contributed by atoms with E-state index in [9.17, 15) is 14.7 Å². The number of aliphatic hydroxyl groups excluding tert-OH is 1. The molecule has 1 heterocycles. The van der Waals surface area contributed by atoms with E-state index in [-0.39, 0.29) is 36.7 Å². The van der Waals surface area contributed by atoms with Crippen molar-refractivity contribution >= 4 is 11.8 Å². The van der Waals surface area contributed by atoms with Crippen molar-refractivity contribution in [3.63, 3.8) is 0 Å². The monoisotopic (exact) mass is 457 g/mol. The molecule has 1 aromatic rings. The number of hydrogen-bond donors (Lipinski definition) is 1. The van der Waals surface area contributed by atoms with Gasteiger partial charge in [-0.3, -0.25) is 14.5 Å². The second kappa shape index (κ2) is 6.75. The molecule has 2 atom stereocenters. The smallest absolute Gasteiger partial charge is 0.262 e. The summed E-state index contributed by atoms with van der Waals surface area (Å²) in [6.45, 7) is 0. The summed E-state index contributed by atoms with van der Waals surface area (Å²) in [6.07, 6.45) is 5.35. The number of carbonyl (C=O) groups is 2. The van der Waals surface area contributed by atoms with Crippen molar-refractivity contribution in [2.45, 2.75) is 50.9 Å². The third-order valence-corrected chi connectivity index (χ3v) is 7.26. The van der Waals surface area contributed by atoms with Crippen LogP contribution in [0.1, 0.15) is 59.2 Å². The Morgan fingerprint density at radius 2 is 1.44 bits per heavy atom. The van der Waals surface area contributed by atoms with Gasteiger partial charge in [-0.25, -0.2) is 7.11 Å². The predicted molar refractivity (Wildman–Crippen MR) is 93.8 cm³/mol. The Balaban J connectivity index is 0.00000180. The first-order valence-corrected chi connectivity index (χ1v) is 9.58. The minimum absolute atomic E-state index is 0. The summed E-state index contributed by atoms with van der Waals surface area (Å²) < 4.78 is 5.07. The topological polar surface area (TPSA) is 66.8 Å². The first-order valence-electron chi connectivity index (χ1n) is 9.58. The molecule has 6 heteroatoms. The zero-order chi connectivity index (χ0) is 18.1. The minimum atomic E-state index is -1.26. The van der Waals surface area contributed by atoms with Gasteiger partial charge in [0.1, 0.15) is 6.29 Å². The molecular formula is C21H24NO4Rh-. The number of fused-ring (bicyclic) bond motifs is 1. The maximum atomic E-state index is 13.1. The number of nitrogens with zero attached hydrogens (tertiary/aromatic N) is 1. The van der Waals surface area contributed by atoms with Crippen LogP contribution in [0.15, 0.2) is 24.3 Å². The average Bonchev–Trinajstić information content (AvgIpc) is 2.86. The van der Waals surface area contributed by atoms with E-state index < -0.39 is 12.3 Å². The standard InChI is InChI=1S/C21H24NO4.Rh/c1-26-20(25)17(21-9-12-6-13(10-21)8-14(7-12)11-21)22-18(23)15-4-2-3-5-16(15)19(22)24;/h2-5,12-14,17,20,25H,1,6-11H2;/q-1;/t12?,13?,14?,17-,20?,21?;/m1./s1. The van der Waals surface area contributed by atoms with Crippen LogP contribution in [0.2, 0.25) is 0 Å². The van der Waals surface area contributed by atoms with E-state index >= 15 is 0 Å². The van der Waals surface area contributed by atoms with Gasteiger partial charge < -0.3 is 9.84 Å². The molecule has 27 heavy (non-hydrogen) atoms. The fraction of sp³-hybridized carbons (Fsp3) is 0.571. The van der Waals surface area contributed by atoms with Gasteiger partial charge in [0.15, 0.2) is 0 Å². The van der Waals surface area contributed by atoms with E-state index in [1.807, 2.05) is 0 Å². The van der Waals surface area contributed by atoms with Crippen molar-refractivity contribution in [1.82, 2.24) is 4.90 Å². The molecule has 5 nitrogen and oxygen atoms in total. The number of rotatable bonds is 4. The van der Waals surface area contributed by atoms with Gasteiger partial charge in [0.05, 0.1) is 17.2 Å². The summed E-state index contributed by atoms with van der Waals surface area (Å²) in [5.74, 6) is 1.27. The second-order valence-electron chi connectivity index (χ2n) is 8.81. The minimum Gasteiger partial charge on any atom is -0.531 e. The van der Waals surface area contributed by atoms with Crippen molar-refractivity contribution in [2.24, 2.45) is 23.2 Å². The maximum absolute atomic E-state index is 13.1. The number of imide groups is 1. The number of benzene rings is 1. The Morgan fingerprint density at radius 1 is 1.00 bits per heavy atom. The molecule has 1 radical (unpaired) electrons. The molecule has 4 bridgehead atoms. The molecule has 1 aromatic carbocycles. The van der Waals surface area contributed by atoms with Crippen LogP contribution in [0.25, 0.3) is 0 Å². The Morgan fingerprint density at radius 3 is 1.85 bits per heavy atom. The van der Waals surface area contributed by atoms with Gasteiger partial charge in [0, 0.05) is 19.5 Å². The molecule has 4 fully saturated rings. The number of amides is 2. The van der Waals surface area contributed by atoms with Gasteiger partial charge in [0.2, 0.25) is 0 Å². The predicted octanol–water partition coefficient (Wildman–Crippen LogP) is 2.99. The molecule has 0 saturated heterocycles. The third kappa shape index (κ3) is 2.75. The van der Waals surface area contributed by atoms with Crippen LogP contribution in [-0.2, 0) is 24.2 Å². The Kier molecular flexibility index (Phi) is 4.81. The Bertz CT molecular complexity index is 709. The molecule has 1 unspecified atom stereocenters. The summed E-state index contributed by atoms with van der Waals surface area (Å²) in [7, 11) is 3.41. The normalized spacial score (nSPS) is 35.8. The quantitative estimate of drug-likeness (QED) is 0.327. The second-order valence-corrected chi connectivity index (χ2v) is 8.81. The fourth-order valence-corrected chi connectivity index (χ4v) is 6.80. The van der Waals surface area contributed by atoms with Crippen molar-refractivity contribution in [3.8, 4) is 0 Å². The van der Waals surface area contributed by atoms with Crippen LogP contribution in [0.3, 0.4) is 0 Å². The van der Waals surface area contributed by atoms with Crippen molar-refractivity contribution < 1.29 is 38.9 Å². The van der Waals surface area contributed by atoms with Gasteiger partial charge in [-0.1, -0.05) is 12.1 Å². The van der Waals surface area contributed by atoms with E-state index in [0.29, 0.717) is 28.9 Å². The molecular weight excluding hydrogens is 433 g/mol.